The molecular weight excluding hydrogens is 249 g/mol. The molecule has 0 aliphatic carbocycles. The third-order valence-electron chi connectivity index (χ3n) is 1.56. The van der Waals surface area contributed by atoms with Crippen molar-refractivity contribution in [2.24, 2.45) is 0 Å². The van der Waals surface area contributed by atoms with Crippen LogP contribution < -0.4 is 5.32 Å². The van der Waals surface area contributed by atoms with Crippen LogP contribution in [0.25, 0.3) is 0 Å². The molecule has 0 saturated heterocycles. The SMILES string of the molecule is O=C(O)c1cc(NCC(F)(F)F)ncc1Cl. The number of hydrogen-bond acceptors (Lipinski definition) is 3. The Morgan fingerprint density at radius 2 is 2.19 bits per heavy atom. The van der Waals surface area contributed by atoms with Gasteiger partial charge in [0.25, 0.3) is 0 Å². The zero-order valence-corrected chi connectivity index (χ0v) is 8.43. The first-order valence-corrected chi connectivity index (χ1v) is 4.37. The fraction of sp³-hybridized carbons (Fsp3) is 0.250. The predicted octanol–water partition coefficient (Wildman–Crippen LogP) is 2.41. The van der Waals surface area contributed by atoms with Gasteiger partial charge in [0, 0.05) is 6.20 Å². The number of hydrogen-bond donors (Lipinski definition) is 2. The Bertz CT molecular complexity index is 409. The zero-order chi connectivity index (χ0) is 12.3. The normalized spacial score (nSPS) is 11.2. The molecule has 0 radical (unpaired) electrons. The second-order valence-electron chi connectivity index (χ2n) is 2.82. The minimum absolute atomic E-state index is 0.134. The van der Waals surface area contributed by atoms with Crippen LogP contribution in [0.4, 0.5) is 19.0 Å². The molecule has 0 aromatic carbocycles. The molecule has 1 rings (SSSR count). The number of nitrogens with zero attached hydrogens (tertiary/aromatic N) is 1. The molecule has 0 spiro atoms. The number of carbonyl (C=O) groups is 1. The van der Waals surface area contributed by atoms with Crippen LogP contribution in [0.5, 0.6) is 0 Å². The van der Waals surface area contributed by atoms with Crippen LogP contribution in [0.1, 0.15) is 10.4 Å². The summed E-state index contributed by atoms with van der Waals surface area (Å²) < 4.78 is 35.5. The van der Waals surface area contributed by atoms with Crippen molar-refractivity contribution in [2.75, 3.05) is 11.9 Å². The number of aromatic carboxylic acids is 1. The molecule has 8 heteroatoms. The summed E-state index contributed by atoms with van der Waals surface area (Å²) in [7, 11) is 0. The van der Waals surface area contributed by atoms with Crippen molar-refractivity contribution in [1.29, 1.82) is 0 Å². The van der Waals surface area contributed by atoms with Gasteiger partial charge in [-0.05, 0) is 6.07 Å². The van der Waals surface area contributed by atoms with Gasteiger partial charge in [-0.2, -0.15) is 13.2 Å². The van der Waals surface area contributed by atoms with E-state index in [1.54, 1.807) is 0 Å². The zero-order valence-electron chi connectivity index (χ0n) is 7.68. The molecule has 0 unspecified atom stereocenters. The summed E-state index contributed by atoms with van der Waals surface area (Å²) in [5, 5.41) is 10.5. The van der Waals surface area contributed by atoms with Gasteiger partial charge in [0.2, 0.25) is 0 Å². The largest absolute Gasteiger partial charge is 0.478 e. The lowest BCUT2D eigenvalue weighted by molar-refractivity contribution is -0.115. The molecule has 0 aliphatic heterocycles. The number of alkyl halides is 3. The van der Waals surface area contributed by atoms with Gasteiger partial charge in [-0.25, -0.2) is 9.78 Å². The number of rotatable bonds is 3. The molecule has 1 heterocycles. The maximum Gasteiger partial charge on any atom is 0.405 e. The lowest BCUT2D eigenvalue weighted by atomic mass is 10.2. The van der Waals surface area contributed by atoms with Gasteiger partial charge in [0.05, 0.1) is 10.6 Å². The Hall–Kier alpha value is -1.50. The number of anilines is 1. The van der Waals surface area contributed by atoms with E-state index < -0.39 is 18.7 Å². The summed E-state index contributed by atoms with van der Waals surface area (Å²) in [5.41, 5.74) is -0.304. The quantitative estimate of drug-likeness (QED) is 0.869. The molecular formula is C8H6ClF3N2O2. The predicted molar refractivity (Wildman–Crippen MR) is 50.8 cm³/mol. The molecule has 0 atom stereocenters. The molecule has 0 fully saturated rings. The number of halogens is 4. The van der Waals surface area contributed by atoms with Crippen LogP contribution in [-0.4, -0.2) is 28.8 Å². The molecule has 1 aromatic heterocycles. The molecule has 0 amide bonds. The van der Waals surface area contributed by atoms with E-state index in [2.05, 4.69) is 4.98 Å². The van der Waals surface area contributed by atoms with Crippen molar-refractivity contribution in [3.8, 4) is 0 Å². The second-order valence-corrected chi connectivity index (χ2v) is 3.23. The highest BCUT2D eigenvalue weighted by Gasteiger charge is 2.27. The summed E-state index contributed by atoms with van der Waals surface area (Å²) in [4.78, 5) is 14.1. The van der Waals surface area contributed by atoms with Crippen molar-refractivity contribution in [3.63, 3.8) is 0 Å². The first-order valence-electron chi connectivity index (χ1n) is 3.99. The highest BCUT2D eigenvalue weighted by molar-refractivity contribution is 6.33. The van der Waals surface area contributed by atoms with E-state index in [0.29, 0.717) is 0 Å². The van der Waals surface area contributed by atoms with Crippen LogP contribution in [0.3, 0.4) is 0 Å². The first kappa shape index (κ1) is 12.6. The average molecular weight is 255 g/mol. The molecule has 16 heavy (non-hydrogen) atoms. The molecule has 1 aromatic rings. The Morgan fingerprint density at radius 1 is 1.56 bits per heavy atom. The van der Waals surface area contributed by atoms with E-state index in [-0.39, 0.29) is 16.4 Å². The Morgan fingerprint density at radius 3 is 2.69 bits per heavy atom. The van der Waals surface area contributed by atoms with Crippen LogP contribution in [0.15, 0.2) is 12.3 Å². The van der Waals surface area contributed by atoms with E-state index in [0.717, 1.165) is 12.3 Å². The van der Waals surface area contributed by atoms with Crippen LogP contribution >= 0.6 is 11.6 Å². The summed E-state index contributed by atoms with van der Waals surface area (Å²) in [5.74, 6) is -1.53. The van der Waals surface area contributed by atoms with E-state index in [4.69, 9.17) is 16.7 Å². The van der Waals surface area contributed by atoms with E-state index in [1.165, 1.54) is 0 Å². The number of pyridine rings is 1. The van der Waals surface area contributed by atoms with Crippen LogP contribution in [-0.2, 0) is 0 Å². The molecule has 0 aliphatic rings. The topological polar surface area (TPSA) is 62.2 Å². The van der Waals surface area contributed by atoms with Gasteiger partial charge in [0.15, 0.2) is 0 Å². The van der Waals surface area contributed by atoms with Crippen molar-refractivity contribution >= 4 is 23.4 Å². The summed E-state index contributed by atoms with van der Waals surface area (Å²) in [6.45, 7) is -1.29. The fourth-order valence-corrected chi connectivity index (χ4v) is 1.07. The van der Waals surface area contributed by atoms with Gasteiger partial charge in [0.1, 0.15) is 12.4 Å². The first-order chi connectivity index (χ1) is 7.29. The third-order valence-corrected chi connectivity index (χ3v) is 1.86. The Kier molecular flexibility index (Phi) is 3.58. The minimum atomic E-state index is -4.40. The fourth-order valence-electron chi connectivity index (χ4n) is 0.890. The number of carboxylic acids is 1. The third kappa shape index (κ3) is 3.58. The number of carboxylic acid groups (broad SMARTS) is 1. The summed E-state index contributed by atoms with van der Waals surface area (Å²) in [6.07, 6.45) is -3.42. The number of nitrogens with one attached hydrogen (secondary N) is 1. The van der Waals surface area contributed by atoms with Crippen molar-refractivity contribution in [1.82, 2.24) is 4.98 Å². The van der Waals surface area contributed by atoms with Crippen molar-refractivity contribution < 1.29 is 23.1 Å². The Labute approximate surface area is 93.1 Å². The van der Waals surface area contributed by atoms with E-state index >= 15 is 0 Å². The maximum absolute atomic E-state index is 11.8. The number of aromatic nitrogens is 1. The van der Waals surface area contributed by atoms with Crippen LogP contribution in [0.2, 0.25) is 5.02 Å². The maximum atomic E-state index is 11.8. The van der Waals surface area contributed by atoms with Gasteiger partial charge < -0.3 is 10.4 Å². The summed E-state index contributed by atoms with van der Waals surface area (Å²) >= 11 is 5.49. The molecule has 0 bridgehead atoms. The smallest absolute Gasteiger partial charge is 0.405 e. The highest BCUT2D eigenvalue weighted by Crippen LogP contribution is 2.20. The summed E-state index contributed by atoms with van der Waals surface area (Å²) in [6, 6.07) is 0.941. The molecule has 2 N–H and O–H groups in total. The van der Waals surface area contributed by atoms with E-state index in [9.17, 15) is 18.0 Å². The molecule has 4 nitrogen and oxygen atoms in total. The van der Waals surface area contributed by atoms with Crippen molar-refractivity contribution in [2.45, 2.75) is 6.18 Å². The van der Waals surface area contributed by atoms with Gasteiger partial charge >= 0.3 is 12.1 Å². The van der Waals surface area contributed by atoms with Gasteiger partial charge in [-0.1, -0.05) is 11.6 Å². The standard InChI is InChI=1S/C8H6ClF3N2O2/c9-5-2-13-6(1-4(5)7(15)16)14-3-8(10,11)12/h1-2H,3H2,(H,13,14)(H,15,16). The monoisotopic (exact) mass is 254 g/mol. The highest BCUT2D eigenvalue weighted by atomic mass is 35.5. The minimum Gasteiger partial charge on any atom is -0.478 e. The Balaban J connectivity index is 2.83. The van der Waals surface area contributed by atoms with Crippen molar-refractivity contribution in [3.05, 3.63) is 22.8 Å². The van der Waals surface area contributed by atoms with Gasteiger partial charge in [-0.3, -0.25) is 0 Å². The molecule has 88 valence electrons. The average Bonchev–Trinajstić information content (AvgIpc) is 2.14. The molecule has 0 saturated carbocycles. The second kappa shape index (κ2) is 4.56. The van der Waals surface area contributed by atoms with Gasteiger partial charge in [-0.15, -0.1) is 0 Å². The van der Waals surface area contributed by atoms with E-state index in [1.807, 2.05) is 5.32 Å². The lowest BCUT2D eigenvalue weighted by Gasteiger charge is -2.09. The lowest BCUT2D eigenvalue weighted by Crippen LogP contribution is -2.22. The van der Waals surface area contributed by atoms with Crippen LogP contribution in [0, 0.1) is 0 Å².